The van der Waals surface area contributed by atoms with Crippen LogP contribution >= 0.6 is 0 Å². The first-order valence-corrected chi connectivity index (χ1v) is 11.0. The lowest BCUT2D eigenvalue weighted by Gasteiger charge is -2.28. The standard InChI is InChI=1S/C20H20N2O6S/c1-29(25,26)16-5-2-4-15(12-16)20(24)22-9-3-8-21(22)19(23)11-14-6-7-17-18(10-14)28-13-27-17/h2,4-7,10,12H,3,8-9,11,13H2,1H3. The number of ether oxygens (including phenoxy) is 2. The number of amides is 2. The quantitative estimate of drug-likeness (QED) is 0.753. The smallest absolute Gasteiger partial charge is 0.272 e. The highest BCUT2D eigenvalue weighted by Gasteiger charge is 2.31. The molecule has 0 spiro atoms. The molecule has 0 saturated carbocycles. The molecule has 2 aliphatic heterocycles. The average Bonchev–Trinajstić information content (AvgIpc) is 3.36. The summed E-state index contributed by atoms with van der Waals surface area (Å²) in [6.45, 7) is 0.989. The molecule has 0 aromatic heterocycles. The number of hydrogen-bond acceptors (Lipinski definition) is 6. The van der Waals surface area contributed by atoms with Crippen LogP contribution in [-0.2, 0) is 21.1 Å². The number of rotatable bonds is 4. The predicted molar refractivity (Wildman–Crippen MR) is 103 cm³/mol. The Morgan fingerprint density at radius 1 is 1.00 bits per heavy atom. The number of carbonyl (C=O) groups excluding carboxylic acids is 2. The van der Waals surface area contributed by atoms with E-state index in [1.165, 1.54) is 28.2 Å². The van der Waals surface area contributed by atoms with E-state index in [9.17, 15) is 18.0 Å². The van der Waals surface area contributed by atoms with Crippen molar-refractivity contribution in [2.75, 3.05) is 26.1 Å². The Balaban J connectivity index is 1.51. The molecule has 0 N–H and O–H groups in total. The van der Waals surface area contributed by atoms with E-state index in [1.807, 2.05) is 0 Å². The number of sulfone groups is 1. The van der Waals surface area contributed by atoms with Crippen LogP contribution in [0.2, 0.25) is 0 Å². The first-order valence-electron chi connectivity index (χ1n) is 9.14. The van der Waals surface area contributed by atoms with Crippen molar-refractivity contribution in [3.05, 3.63) is 53.6 Å². The third-order valence-electron chi connectivity index (χ3n) is 4.86. The van der Waals surface area contributed by atoms with Gasteiger partial charge in [-0.05, 0) is 42.3 Å². The maximum absolute atomic E-state index is 12.9. The Hall–Kier alpha value is -3.07. The van der Waals surface area contributed by atoms with Crippen LogP contribution in [-0.4, -0.2) is 56.4 Å². The fourth-order valence-electron chi connectivity index (χ4n) is 3.41. The average molecular weight is 416 g/mol. The zero-order valence-electron chi connectivity index (χ0n) is 15.8. The first kappa shape index (κ1) is 19.3. The van der Waals surface area contributed by atoms with Crippen molar-refractivity contribution >= 4 is 21.7 Å². The molecule has 9 heteroatoms. The molecule has 0 atom stereocenters. The molecule has 0 radical (unpaired) electrons. The summed E-state index contributed by atoms with van der Waals surface area (Å²) in [6, 6.07) is 11.2. The van der Waals surface area contributed by atoms with Crippen molar-refractivity contribution < 1.29 is 27.5 Å². The lowest BCUT2D eigenvalue weighted by atomic mass is 10.1. The lowest BCUT2D eigenvalue weighted by molar-refractivity contribution is -0.139. The zero-order valence-corrected chi connectivity index (χ0v) is 16.6. The van der Waals surface area contributed by atoms with Crippen molar-refractivity contribution in [3.8, 4) is 11.5 Å². The lowest BCUT2D eigenvalue weighted by Crippen LogP contribution is -2.45. The minimum atomic E-state index is -3.43. The van der Waals surface area contributed by atoms with Crippen molar-refractivity contribution in [2.24, 2.45) is 0 Å². The van der Waals surface area contributed by atoms with Crippen LogP contribution in [0.15, 0.2) is 47.4 Å². The molecule has 2 amide bonds. The first-order chi connectivity index (χ1) is 13.8. The van der Waals surface area contributed by atoms with Gasteiger partial charge >= 0.3 is 0 Å². The SMILES string of the molecule is CS(=O)(=O)c1cccc(C(=O)N2CCCN2C(=O)Cc2ccc3c(c2)OCO3)c1. The minimum absolute atomic E-state index is 0.0702. The number of benzene rings is 2. The Labute approximate surface area is 168 Å². The zero-order chi connectivity index (χ0) is 20.6. The molecule has 1 fully saturated rings. The molecule has 2 heterocycles. The number of hydrazine groups is 1. The molecule has 4 rings (SSSR count). The fraction of sp³-hybridized carbons (Fsp3) is 0.300. The molecule has 1 saturated heterocycles. The molecule has 0 aliphatic carbocycles. The van der Waals surface area contributed by atoms with E-state index in [1.54, 1.807) is 24.3 Å². The molecule has 2 aliphatic rings. The monoisotopic (exact) mass is 416 g/mol. The topological polar surface area (TPSA) is 93.2 Å². The van der Waals surface area contributed by atoms with Crippen molar-refractivity contribution in [1.29, 1.82) is 0 Å². The number of hydrogen-bond donors (Lipinski definition) is 0. The maximum Gasteiger partial charge on any atom is 0.272 e. The molecule has 8 nitrogen and oxygen atoms in total. The molecule has 152 valence electrons. The van der Waals surface area contributed by atoms with Gasteiger partial charge in [-0.3, -0.25) is 14.6 Å². The summed E-state index contributed by atoms with van der Waals surface area (Å²) in [5, 5.41) is 2.82. The summed E-state index contributed by atoms with van der Waals surface area (Å²) in [5.41, 5.74) is 0.994. The molecule has 0 unspecified atom stereocenters. The van der Waals surface area contributed by atoms with Crippen LogP contribution in [0.5, 0.6) is 11.5 Å². The van der Waals surface area contributed by atoms with Crippen molar-refractivity contribution in [1.82, 2.24) is 10.0 Å². The fourth-order valence-corrected chi connectivity index (χ4v) is 4.07. The summed E-state index contributed by atoms with van der Waals surface area (Å²) in [6.07, 6.45) is 1.86. The van der Waals surface area contributed by atoms with E-state index in [-0.39, 0.29) is 29.6 Å². The van der Waals surface area contributed by atoms with E-state index < -0.39 is 15.7 Å². The Morgan fingerprint density at radius 2 is 1.76 bits per heavy atom. The van der Waals surface area contributed by atoms with Gasteiger partial charge in [-0.2, -0.15) is 0 Å². The molecule has 2 aromatic carbocycles. The van der Waals surface area contributed by atoms with Crippen LogP contribution in [0.1, 0.15) is 22.3 Å². The van der Waals surface area contributed by atoms with Gasteiger partial charge in [-0.25, -0.2) is 13.4 Å². The predicted octanol–water partition coefficient (Wildman–Crippen LogP) is 1.65. The van der Waals surface area contributed by atoms with Crippen LogP contribution in [0, 0.1) is 0 Å². The highest BCUT2D eigenvalue weighted by Crippen LogP contribution is 2.32. The Kier molecular flexibility index (Phi) is 4.91. The largest absolute Gasteiger partial charge is 0.454 e. The van der Waals surface area contributed by atoms with Gasteiger partial charge in [0.1, 0.15) is 0 Å². The van der Waals surface area contributed by atoms with Crippen molar-refractivity contribution in [3.63, 3.8) is 0 Å². The summed E-state index contributed by atoms with van der Waals surface area (Å²) < 4.78 is 34.2. The number of fused-ring (bicyclic) bond motifs is 1. The van der Waals surface area contributed by atoms with Gasteiger partial charge in [-0.15, -0.1) is 0 Å². The summed E-state index contributed by atoms with van der Waals surface area (Å²) in [7, 11) is -3.43. The summed E-state index contributed by atoms with van der Waals surface area (Å²) >= 11 is 0. The Morgan fingerprint density at radius 3 is 2.55 bits per heavy atom. The van der Waals surface area contributed by atoms with E-state index in [0.717, 1.165) is 11.8 Å². The van der Waals surface area contributed by atoms with Gasteiger partial charge in [0.2, 0.25) is 12.7 Å². The second-order valence-electron chi connectivity index (χ2n) is 6.96. The van der Waals surface area contributed by atoms with E-state index in [0.29, 0.717) is 31.0 Å². The normalized spacial score (nSPS) is 15.6. The maximum atomic E-state index is 12.9. The van der Waals surface area contributed by atoms with Gasteiger partial charge in [0, 0.05) is 24.9 Å². The van der Waals surface area contributed by atoms with Crippen LogP contribution < -0.4 is 9.47 Å². The van der Waals surface area contributed by atoms with Gasteiger partial charge in [0.25, 0.3) is 5.91 Å². The van der Waals surface area contributed by atoms with Gasteiger partial charge in [-0.1, -0.05) is 12.1 Å². The molecular formula is C20H20N2O6S. The van der Waals surface area contributed by atoms with E-state index in [2.05, 4.69) is 0 Å². The second-order valence-corrected chi connectivity index (χ2v) is 8.98. The van der Waals surface area contributed by atoms with Gasteiger partial charge in [0.05, 0.1) is 11.3 Å². The Bertz CT molecular complexity index is 1080. The van der Waals surface area contributed by atoms with E-state index >= 15 is 0 Å². The van der Waals surface area contributed by atoms with Gasteiger partial charge in [0.15, 0.2) is 21.3 Å². The molecule has 29 heavy (non-hydrogen) atoms. The van der Waals surface area contributed by atoms with Crippen molar-refractivity contribution in [2.45, 2.75) is 17.7 Å². The van der Waals surface area contributed by atoms with Crippen LogP contribution in [0.4, 0.5) is 0 Å². The van der Waals surface area contributed by atoms with E-state index in [4.69, 9.17) is 9.47 Å². The summed E-state index contributed by atoms with van der Waals surface area (Å²) in [4.78, 5) is 25.9. The van der Waals surface area contributed by atoms with Crippen LogP contribution in [0.25, 0.3) is 0 Å². The van der Waals surface area contributed by atoms with Crippen LogP contribution in [0.3, 0.4) is 0 Å². The second kappa shape index (κ2) is 7.40. The highest BCUT2D eigenvalue weighted by molar-refractivity contribution is 7.90. The highest BCUT2D eigenvalue weighted by atomic mass is 32.2. The molecular weight excluding hydrogens is 396 g/mol. The summed E-state index contributed by atoms with van der Waals surface area (Å²) in [5.74, 6) is 0.633. The molecule has 2 aromatic rings. The van der Waals surface area contributed by atoms with Gasteiger partial charge < -0.3 is 9.47 Å². The molecule has 0 bridgehead atoms. The third kappa shape index (κ3) is 3.91. The number of nitrogens with zero attached hydrogens (tertiary/aromatic N) is 2. The third-order valence-corrected chi connectivity index (χ3v) is 5.97. The number of carbonyl (C=O) groups is 2. The minimum Gasteiger partial charge on any atom is -0.454 e.